The van der Waals surface area contributed by atoms with Crippen molar-refractivity contribution in [1.29, 1.82) is 0 Å². The first-order valence-corrected chi connectivity index (χ1v) is 7.14. The van der Waals surface area contributed by atoms with Crippen molar-refractivity contribution >= 4 is 50.0 Å². The van der Waals surface area contributed by atoms with Gasteiger partial charge in [-0.1, -0.05) is 11.6 Å². The highest BCUT2D eigenvalue weighted by molar-refractivity contribution is 9.10. The lowest BCUT2D eigenvalue weighted by Crippen LogP contribution is -2.12. The van der Waals surface area contributed by atoms with Gasteiger partial charge in [0.25, 0.3) is 5.91 Å². The molecule has 20 heavy (non-hydrogen) atoms. The topological polar surface area (TPSA) is 44.9 Å². The smallest absolute Gasteiger partial charge is 0.255 e. The molecule has 1 amide bonds. The van der Waals surface area contributed by atoms with Crippen molar-refractivity contribution in [3.8, 4) is 0 Å². The maximum Gasteiger partial charge on any atom is 0.255 e. The van der Waals surface area contributed by atoms with Crippen LogP contribution in [0.1, 0.15) is 10.4 Å². The van der Waals surface area contributed by atoms with E-state index in [0.717, 1.165) is 15.4 Å². The molecular formula is C15H10BrClN2O. The summed E-state index contributed by atoms with van der Waals surface area (Å²) in [5.41, 5.74) is 2.31. The van der Waals surface area contributed by atoms with Gasteiger partial charge in [-0.3, -0.25) is 4.79 Å². The minimum absolute atomic E-state index is 0.156. The van der Waals surface area contributed by atoms with Crippen molar-refractivity contribution < 1.29 is 4.79 Å². The average molecular weight is 350 g/mol. The Morgan fingerprint density at radius 2 is 2.00 bits per heavy atom. The third-order valence-electron chi connectivity index (χ3n) is 2.99. The molecule has 3 rings (SSSR count). The van der Waals surface area contributed by atoms with E-state index in [1.165, 1.54) is 0 Å². The molecular weight excluding hydrogens is 340 g/mol. The summed E-state index contributed by atoms with van der Waals surface area (Å²) >= 11 is 9.25. The minimum Gasteiger partial charge on any atom is -0.361 e. The third kappa shape index (κ3) is 2.57. The second-order valence-electron chi connectivity index (χ2n) is 4.36. The highest BCUT2D eigenvalue weighted by atomic mass is 79.9. The van der Waals surface area contributed by atoms with Gasteiger partial charge in [0.05, 0.1) is 5.69 Å². The molecule has 1 heterocycles. The number of carbonyl (C=O) groups is 1. The quantitative estimate of drug-likeness (QED) is 0.683. The maximum absolute atomic E-state index is 12.2. The number of aromatic nitrogens is 1. The Bertz CT molecular complexity index is 797. The molecule has 0 unspecified atom stereocenters. The summed E-state index contributed by atoms with van der Waals surface area (Å²) in [7, 11) is 0. The van der Waals surface area contributed by atoms with Crippen LogP contribution in [0.3, 0.4) is 0 Å². The molecule has 2 aromatic carbocycles. The van der Waals surface area contributed by atoms with E-state index >= 15 is 0 Å². The second-order valence-corrected chi connectivity index (χ2v) is 5.65. The van der Waals surface area contributed by atoms with E-state index in [4.69, 9.17) is 11.6 Å². The summed E-state index contributed by atoms with van der Waals surface area (Å²) in [6, 6.07) is 12.7. The molecule has 0 aliphatic carbocycles. The predicted octanol–water partition coefficient (Wildman–Crippen LogP) is 4.84. The van der Waals surface area contributed by atoms with Crippen molar-refractivity contribution in [3.05, 3.63) is 63.7 Å². The monoisotopic (exact) mass is 348 g/mol. The number of benzene rings is 2. The molecule has 3 aromatic rings. The van der Waals surface area contributed by atoms with Crippen LogP contribution in [0, 0.1) is 0 Å². The lowest BCUT2D eigenvalue weighted by atomic mass is 10.1. The standard InChI is InChI=1S/C15H10BrClN2O/c16-12-8-11(17)2-4-14(12)19-15(20)10-1-3-13-9(7-10)5-6-18-13/h1-8,18H,(H,19,20). The summed E-state index contributed by atoms with van der Waals surface area (Å²) in [6.07, 6.45) is 1.85. The van der Waals surface area contributed by atoms with Crippen molar-refractivity contribution in [2.45, 2.75) is 0 Å². The molecule has 0 aliphatic heterocycles. The van der Waals surface area contributed by atoms with E-state index in [-0.39, 0.29) is 5.91 Å². The molecule has 0 atom stereocenters. The van der Waals surface area contributed by atoms with Crippen LogP contribution in [0.4, 0.5) is 5.69 Å². The average Bonchev–Trinajstić information content (AvgIpc) is 2.89. The Morgan fingerprint density at radius 3 is 2.80 bits per heavy atom. The number of aromatic amines is 1. The molecule has 0 aliphatic rings. The van der Waals surface area contributed by atoms with E-state index in [0.29, 0.717) is 16.3 Å². The number of nitrogens with one attached hydrogen (secondary N) is 2. The third-order valence-corrected chi connectivity index (χ3v) is 3.89. The maximum atomic E-state index is 12.2. The largest absolute Gasteiger partial charge is 0.361 e. The van der Waals surface area contributed by atoms with Crippen molar-refractivity contribution in [2.24, 2.45) is 0 Å². The van der Waals surface area contributed by atoms with Gasteiger partial charge in [-0.2, -0.15) is 0 Å². The molecule has 0 fully saturated rings. The van der Waals surface area contributed by atoms with Crippen LogP contribution in [0.15, 0.2) is 53.1 Å². The summed E-state index contributed by atoms with van der Waals surface area (Å²) in [4.78, 5) is 15.3. The number of hydrogen-bond acceptors (Lipinski definition) is 1. The highest BCUT2D eigenvalue weighted by Crippen LogP contribution is 2.26. The molecule has 0 saturated carbocycles. The number of rotatable bonds is 2. The second kappa shape index (κ2) is 5.31. The predicted molar refractivity (Wildman–Crippen MR) is 85.4 cm³/mol. The van der Waals surface area contributed by atoms with Gasteiger partial charge in [-0.05, 0) is 58.4 Å². The van der Waals surface area contributed by atoms with Gasteiger partial charge in [0.15, 0.2) is 0 Å². The zero-order valence-corrected chi connectivity index (χ0v) is 12.6. The van der Waals surface area contributed by atoms with Crippen LogP contribution in [-0.2, 0) is 0 Å². The molecule has 0 saturated heterocycles. The summed E-state index contributed by atoms with van der Waals surface area (Å²) < 4.78 is 0.751. The van der Waals surface area contributed by atoms with Crippen LogP contribution in [0.2, 0.25) is 5.02 Å². The number of amides is 1. The summed E-state index contributed by atoms with van der Waals surface area (Å²) in [6.45, 7) is 0. The molecule has 0 radical (unpaired) electrons. The minimum atomic E-state index is -0.156. The van der Waals surface area contributed by atoms with E-state index < -0.39 is 0 Å². The van der Waals surface area contributed by atoms with Gasteiger partial charge in [-0.25, -0.2) is 0 Å². The number of fused-ring (bicyclic) bond motifs is 1. The van der Waals surface area contributed by atoms with Crippen molar-refractivity contribution in [1.82, 2.24) is 4.98 Å². The van der Waals surface area contributed by atoms with E-state index in [2.05, 4.69) is 26.2 Å². The Balaban J connectivity index is 1.88. The van der Waals surface area contributed by atoms with E-state index in [9.17, 15) is 4.79 Å². The first-order chi connectivity index (χ1) is 9.63. The lowest BCUT2D eigenvalue weighted by Gasteiger charge is -2.08. The first-order valence-electron chi connectivity index (χ1n) is 5.97. The Morgan fingerprint density at radius 1 is 1.15 bits per heavy atom. The molecule has 5 heteroatoms. The lowest BCUT2D eigenvalue weighted by molar-refractivity contribution is 0.102. The number of hydrogen-bond donors (Lipinski definition) is 2. The Kier molecular flexibility index (Phi) is 3.51. The first kappa shape index (κ1) is 13.2. The van der Waals surface area contributed by atoms with Gasteiger partial charge < -0.3 is 10.3 Å². The number of anilines is 1. The van der Waals surface area contributed by atoms with Gasteiger partial charge in [-0.15, -0.1) is 0 Å². The fraction of sp³-hybridized carbons (Fsp3) is 0. The van der Waals surface area contributed by atoms with E-state index in [1.807, 2.05) is 24.4 Å². The number of halogens is 2. The SMILES string of the molecule is O=C(Nc1ccc(Cl)cc1Br)c1ccc2[nH]ccc2c1. The highest BCUT2D eigenvalue weighted by Gasteiger charge is 2.09. The van der Waals surface area contributed by atoms with Crippen molar-refractivity contribution in [2.75, 3.05) is 5.32 Å². The van der Waals surface area contributed by atoms with Crippen molar-refractivity contribution in [3.63, 3.8) is 0 Å². The van der Waals surface area contributed by atoms with Gasteiger partial charge in [0.2, 0.25) is 0 Å². The summed E-state index contributed by atoms with van der Waals surface area (Å²) in [5.74, 6) is -0.156. The van der Waals surface area contributed by atoms with Crippen LogP contribution in [0.25, 0.3) is 10.9 Å². The number of carbonyl (C=O) groups excluding carboxylic acids is 1. The summed E-state index contributed by atoms with van der Waals surface area (Å²) in [5, 5.41) is 4.48. The van der Waals surface area contributed by atoms with Crippen LogP contribution >= 0.6 is 27.5 Å². The van der Waals surface area contributed by atoms with Gasteiger partial charge in [0, 0.05) is 32.2 Å². The molecule has 0 spiro atoms. The molecule has 3 nitrogen and oxygen atoms in total. The zero-order valence-electron chi connectivity index (χ0n) is 10.3. The Hall–Kier alpha value is -1.78. The van der Waals surface area contributed by atoms with Crippen LogP contribution in [0.5, 0.6) is 0 Å². The van der Waals surface area contributed by atoms with Crippen LogP contribution in [-0.4, -0.2) is 10.9 Å². The zero-order chi connectivity index (χ0) is 14.1. The number of H-pyrrole nitrogens is 1. The fourth-order valence-corrected chi connectivity index (χ4v) is 2.76. The molecule has 100 valence electrons. The molecule has 1 aromatic heterocycles. The molecule has 0 bridgehead atoms. The fourth-order valence-electron chi connectivity index (χ4n) is 1.98. The molecule has 2 N–H and O–H groups in total. The van der Waals surface area contributed by atoms with Gasteiger partial charge >= 0.3 is 0 Å². The van der Waals surface area contributed by atoms with Crippen LogP contribution < -0.4 is 5.32 Å². The Labute approximate surface area is 129 Å². The normalized spacial score (nSPS) is 10.7. The van der Waals surface area contributed by atoms with Gasteiger partial charge in [0.1, 0.15) is 0 Å². The van der Waals surface area contributed by atoms with E-state index in [1.54, 1.807) is 24.3 Å².